The van der Waals surface area contributed by atoms with Crippen LogP contribution in [0, 0.1) is 0 Å². The molecular formula is C11H16Cl2N2O2S. The van der Waals surface area contributed by atoms with Crippen molar-refractivity contribution < 1.29 is 8.42 Å². The first-order chi connectivity index (χ1) is 7.91. The largest absolute Gasteiger partial charge is 0.324 e. The second-order valence-electron chi connectivity index (χ2n) is 4.50. The number of halogens is 2. The second kappa shape index (κ2) is 5.75. The van der Waals surface area contributed by atoms with E-state index in [1.165, 1.54) is 12.1 Å². The number of benzene rings is 1. The Balaban J connectivity index is 0.00000162. The second-order valence-corrected chi connectivity index (χ2v) is 6.70. The maximum Gasteiger partial charge on any atom is 0.240 e. The van der Waals surface area contributed by atoms with Crippen molar-refractivity contribution in [1.29, 1.82) is 0 Å². The van der Waals surface area contributed by atoms with Crippen molar-refractivity contribution in [2.45, 2.75) is 29.7 Å². The van der Waals surface area contributed by atoms with Gasteiger partial charge in [0.1, 0.15) is 0 Å². The van der Waals surface area contributed by atoms with Gasteiger partial charge < -0.3 is 5.73 Å². The molecule has 0 amide bonds. The van der Waals surface area contributed by atoms with Crippen molar-refractivity contribution in [3.05, 3.63) is 29.3 Å². The molecule has 1 fully saturated rings. The first kappa shape index (κ1) is 15.7. The van der Waals surface area contributed by atoms with Gasteiger partial charge in [0.05, 0.1) is 4.90 Å². The van der Waals surface area contributed by atoms with E-state index in [1.807, 2.05) is 0 Å². The van der Waals surface area contributed by atoms with E-state index in [9.17, 15) is 8.42 Å². The summed E-state index contributed by atoms with van der Waals surface area (Å²) in [6.07, 6.45) is 2.80. The van der Waals surface area contributed by atoms with Gasteiger partial charge in [-0.1, -0.05) is 17.7 Å². The molecule has 0 aliphatic heterocycles. The molecule has 0 radical (unpaired) electrons. The first-order valence-electron chi connectivity index (χ1n) is 5.45. The van der Waals surface area contributed by atoms with Crippen LogP contribution in [-0.2, 0) is 10.0 Å². The lowest BCUT2D eigenvalue weighted by Crippen LogP contribution is -2.54. The first-order valence-corrected chi connectivity index (χ1v) is 7.32. The summed E-state index contributed by atoms with van der Waals surface area (Å²) in [5, 5.41) is 0.402. The van der Waals surface area contributed by atoms with Gasteiger partial charge in [0, 0.05) is 17.1 Å². The molecule has 1 aliphatic rings. The van der Waals surface area contributed by atoms with Crippen molar-refractivity contribution in [2.75, 3.05) is 6.54 Å². The average Bonchev–Trinajstić information content (AvgIpc) is 2.24. The van der Waals surface area contributed by atoms with Gasteiger partial charge in [0.2, 0.25) is 10.0 Å². The number of rotatable bonds is 4. The zero-order valence-electron chi connectivity index (χ0n) is 9.73. The average molecular weight is 311 g/mol. The number of nitrogens with two attached hydrogens (primary N) is 1. The fraction of sp³-hybridized carbons (Fsp3) is 0.455. The molecule has 0 atom stereocenters. The summed E-state index contributed by atoms with van der Waals surface area (Å²) in [7, 11) is -3.51. The minimum Gasteiger partial charge on any atom is -0.324 e. The van der Waals surface area contributed by atoms with Gasteiger partial charge in [-0.25, -0.2) is 13.1 Å². The van der Waals surface area contributed by atoms with E-state index in [1.54, 1.807) is 12.1 Å². The van der Waals surface area contributed by atoms with E-state index in [4.69, 9.17) is 17.3 Å². The third-order valence-corrected chi connectivity index (χ3v) is 4.70. The Hall–Kier alpha value is -0.330. The van der Waals surface area contributed by atoms with Crippen LogP contribution in [0.25, 0.3) is 0 Å². The molecule has 0 bridgehead atoms. The van der Waals surface area contributed by atoms with Gasteiger partial charge in [0.15, 0.2) is 0 Å². The highest BCUT2D eigenvalue weighted by molar-refractivity contribution is 7.89. The van der Waals surface area contributed by atoms with E-state index < -0.39 is 10.0 Å². The molecule has 0 saturated heterocycles. The topological polar surface area (TPSA) is 72.2 Å². The third kappa shape index (κ3) is 3.59. The lowest BCUT2D eigenvalue weighted by Gasteiger charge is -2.37. The van der Waals surface area contributed by atoms with E-state index >= 15 is 0 Å². The molecule has 1 saturated carbocycles. The Morgan fingerprint density at radius 1 is 1.39 bits per heavy atom. The zero-order chi connectivity index (χ0) is 12.5. The molecule has 3 N–H and O–H groups in total. The summed E-state index contributed by atoms with van der Waals surface area (Å²) in [6, 6.07) is 6.18. The monoisotopic (exact) mass is 310 g/mol. The molecule has 102 valence electrons. The highest BCUT2D eigenvalue weighted by Gasteiger charge is 2.33. The minimum absolute atomic E-state index is 0. The summed E-state index contributed by atoms with van der Waals surface area (Å²) in [5.74, 6) is 0. The van der Waals surface area contributed by atoms with E-state index in [0.29, 0.717) is 5.02 Å². The third-order valence-electron chi connectivity index (χ3n) is 3.07. The van der Waals surface area contributed by atoms with Crippen LogP contribution in [0.3, 0.4) is 0 Å². The molecule has 0 spiro atoms. The normalized spacial score (nSPS) is 17.7. The van der Waals surface area contributed by atoms with Crippen LogP contribution >= 0.6 is 24.0 Å². The van der Waals surface area contributed by atoms with Crippen molar-refractivity contribution >= 4 is 34.0 Å². The Morgan fingerprint density at radius 3 is 2.56 bits per heavy atom. The fourth-order valence-corrected chi connectivity index (χ4v) is 3.20. The van der Waals surface area contributed by atoms with Crippen LogP contribution in [-0.4, -0.2) is 20.5 Å². The zero-order valence-corrected chi connectivity index (χ0v) is 12.1. The lowest BCUT2D eigenvalue weighted by atomic mass is 9.78. The van der Waals surface area contributed by atoms with Gasteiger partial charge in [-0.2, -0.15) is 0 Å². The van der Waals surface area contributed by atoms with Crippen molar-refractivity contribution in [3.8, 4) is 0 Å². The van der Waals surface area contributed by atoms with Gasteiger partial charge in [-0.15, -0.1) is 12.4 Å². The summed E-state index contributed by atoms with van der Waals surface area (Å²) in [4.78, 5) is 0.174. The van der Waals surface area contributed by atoms with Crippen molar-refractivity contribution in [2.24, 2.45) is 5.73 Å². The Labute approximate surface area is 118 Å². The van der Waals surface area contributed by atoms with Gasteiger partial charge in [-0.05, 0) is 37.5 Å². The summed E-state index contributed by atoms with van der Waals surface area (Å²) in [6.45, 7) is 0.280. The highest BCUT2D eigenvalue weighted by atomic mass is 35.5. The predicted octanol–water partition coefficient (Wildman–Crippen LogP) is 1.92. The molecule has 4 nitrogen and oxygen atoms in total. The Kier molecular flexibility index (Phi) is 5.03. The van der Waals surface area contributed by atoms with Crippen LogP contribution in [0.15, 0.2) is 29.2 Å². The maximum atomic E-state index is 11.9. The number of hydrogen-bond acceptors (Lipinski definition) is 3. The van der Waals surface area contributed by atoms with Crippen molar-refractivity contribution in [3.63, 3.8) is 0 Å². The molecule has 1 aromatic carbocycles. The molecule has 18 heavy (non-hydrogen) atoms. The molecule has 0 aromatic heterocycles. The Bertz CT molecular complexity index is 516. The minimum atomic E-state index is -3.51. The fourth-order valence-electron chi connectivity index (χ4n) is 1.76. The van der Waals surface area contributed by atoms with Crippen molar-refractivity contribution in [1.82, 2.24) is 4.72 Å². The van der Waals surface area contributed by atoms with Gasteiger partial charge in [0.25, 0.3) is 0 Å². The molecule has 1 aromatic rings. The molecule has 7 heteroatoms. The standard InChI is InChI=1S/C11H15ClN2O2S.ClH/c12-9-3-1-4-10(7-9)17(15,16)14-8-11(13)5-2-6-11;/h1,3-4,7,14H,2,5-6,8,13H2;1H. The van der Waals surface area contributed by atoms with Crippen LogP contribution in [0.4, 0.5) is 0 Å². The number of hydrogen-bond donors (Lipinski definition) is 2. The van der Waals surface area contributed by atoms with E-state index in [2.05, 4.69) is 4.72 Å². The maximum absolute atomic E-state index is 11.9. The summed E-state index contributed by atoms with van der Waals surface area (Å²) < 4.78 is 26.4. The van der Waals surface area contributed by atoms with Crippen LogP contribution in [0.2, 0.25) is 5.02 Å². The van der Waals surface area contributed by atoms with Crippen LogP contribution in [0.1, 0.15) is 19.3 Å². The smallest absolute Gasteiger partial charge is 0.240 e. The highest BCUT2D eigenvalue weighted by Crippen LogP contribution is 2.28. The quantitative estimate of drug-likeness (QED) is 0.892. The summed E-state index contributed by atoms with van der Waals surface area (Å²) in [5.41, 5.74) is 5.60. The van der Waals surface area contributed by atoms with Gasteiger partial charge >= 0.3 is 0 Å². The molecule has 0 unspecified atom stereocenters. The lowest BCUT2D eigenvalue weighted by molar-refractivity contribution is 0.251. The molecule has 1 aliphatic carbocycles. The van der Waals surface area contributed by atoms with Crippen LogP contribution < -0.4 is 10.5 Å². The van der Waals surface area contributed by atoms with Gasteiger partial charge in [-0.3, -0.25) is 0 Å². The SMILES string of the molecule is Cl.NC1(CNS(=O)(=O)c2cccc(Cl)c2)CCC1. The van der Waals surface area contributed by atoms with E-state index in [-0.39, 0.29) is 29.4 Å². The Morgan fingerprint density at radius 2 is 2.06 bits per heavy atom. The molecule has 2 rings (SSSR count). The number of nitrogens with one attached hydrogen (secondary N) is 1. The summed E-state index contributed by atoms with van der Waals surface area (Å²) >= 11 is 5.76. The number of sulfonamides is 1. The molecular weight excluding hydrogens is 295 g/mol. The van der Waals surface area contributed by atoms with E-state index in [0.717, 1.165) is 19.3 Å². The molecule has 0 heterocycles. The van der Waals surface area contributed by atoms with Crippen LogP contribution in [0.5, 0.6) is 0 Å². The predicted molar refractivity (Wildman–Crippen MR) is 74.7 cm³/mol.